The Labute approximate surface area is 207 Å². The van der Waals surface area contributed by atoms with Crippen LogP contribution in [0.1, 0.15) is 20.0 Å². The summed E-state index contributed by atoms with van der Waals surface area (Å²) in [7, 11) is 11.6. The Bertz CT molecular complexity index is 1250. The molecule has 4 atom stereocenters. The smallest absolute Gasteiger partial charge is 0.348 e. The molecule has 2 aromatic carbocycles. The molecule has 0 fully saturated rings. The van der Waals surface area contributed by atoms with Crippen LogP contribution in [0.5, 0.6) is 5.75 Å². The molecule has 0 radical (unpaired) electrons. The van der Waals surface area contributed by atoms with E-state index in [0.29, 0.717) is 10.6 Å². The second kappa shape index (κ2) is 10.6. The molecule has 0 aliphatic rings. The molecule has 0 saturated heterocycles. The van der Waals surface area contributed by atoms with Crippen molar-refractivity contribution >= 4 is 71.2 Å². The van der Waals surface area contributed by atoms with Gasteiger partial charge < -0.3 is 14.4 Å². The highest BCUT2D eigenvalue weighted by molar-refractivity contribution is 7.56. The summed E-state index contributed by atoms with van der Waals surface area (Å²) in [6.45, 7) is 0. The first-order chi connectivity index (χ1) is 15.9. The molecule has 0 saturated carbocycles. The Morgan fingerprint density at radius 1 is 1.06 bits per heavy atom. The van der Waals surface area contributed by atoms with Crippen molar-refractivity contribution in [3.63, 3.8) is 0 Å². The minimum Gasteiger partial charge on any atom is -0.476 e. The SMILES string of the molecule is COC(=O)c1sccc1C(=O)N(C)c1c(F)c(F)c(-c2cccc(OC(P)(P)P)c2)c(P)c1F. The second-order valence-electron chi connectivity index (χ2n) is 7.08. The van der Waals surface area contributed by atoms with E-state index in [4.69, 9.17) is 4.74 Å². The number of ether oxygens (including phenoxy) is 2. The van der Waals surface area contributed by atoms with Gasteiger partial charge in [-0.2, -0.15) is 0 Å². The summed E-state index contributed by atoms with van der Waals surface area (Å²) in [6, 6.07) is 7.43. The number of anilines is 1. The van der Waals surface area contributed by atoms with E-state index in [-0.39, 0.29) is 26.9 Å². The van der Waals surface area contributed by atoms with Crippen LogP contribution in [0, 0.1) is 17.5 Å². The minimum atomic E-state index is -1.55. The van der Waals surface area contributed by atoms with E-state index < -0.39 is 39.8 Å². The van der Waals surface area contributed by atoms with Gasteiger partial charge in [-0.15, -0.1) is 20.6 Å². The number of carbonyl (C=O) groups is 2. The van der Waals surface area contributed by atoms with E-state index in [1.807, 2.05) is 0 Å². The van der Waals surface area contributed by atoms with Gasteiger partial charge in [-0.05, 0) is 29.1 Å². The lowest BCUT2D eigenvalue weighted by molar-refractivity contribution is 0.0603. The zero-order valence-electron chi connectivity index (χ0n) is 17.9. The average molecular weight is 563 g/mol. The molecule has 1 amide bonds. The Morgan fingerprint density at radius 2 is 1.74 bits per heavy atom. The Morgan fingerprint density at radius 3 is 2.35 bits per heavy atom. The van der Waals surface area contributed by atoms with E-state index in [2.05, 4.69) is 41.7 Å². The predicted octanol–water partition coefficient (Wildman–Crippen LogP) is 5.01. The molecule has 180 valence electrons. The molecule has 4 unspecified atom stereocenters. The van der Waals surface area contributed by atoms with Crippen LogP contribution >= 0.6 is 48.3 Å². The third-order valence-corrected chi connectivity index (χ3v) is 6.45. The zero-order chi connectivity index (χ0) is 25.4. The lowest BCUT2D eigenvalue weighted by atomic mass is 10.0. The quantitative estimate of drug-likeness (QED) is 0.241. The van der Waals surface area contributed by atoms with Crippen molar-refractivity contribution in [1.82, 2.24) is 0 Å². The average Bonchev–Trinajstić information content (AvgIpc) is 3.26. The molecular weight excluding hydrogens is 543 g/mol. The molecule has 0 N–H and O–H groups in total. The summed E-state index contributed by atoms with van der Waals surface area (Å²) in [4.78, 5) is 24.7. The number of rotatable bonds is 6. The number of benzene rings is 2. The summed E-state index contributed by atoms with van der Waals surface area (Å²) < 4.78 is 56.1. The molecule has 0 bridgehead atoms. The number of halogens is 3. The number of hydrogen-bond acceptors (Lipinski definition) is 5. The first-order valence-corrected chi connectivity index (χ1v) is 12.6. The van der Waals surface area contributed by atoms with Gasteiger partial charge in [0, 0.05) is 17.9 Å². The van der Waals surface area contributed by atoms with Crippen LogP contribution in [0.25, 0.3) is 11.1 Å². The van der Waals surface area contributed by atoms with E-state index in [0.717, 1.165) is 25.5 Å². The standard InChI is InChI=1S/C21H20F3NO4P4S/c1-25(19(26)11-6-7-34-18(11)20(27)28-2)16-14(23)13(22)12(17(30)15(16)24)9-4-3-5-10(8-9)29-21(31,32)33/h3-8H,30-33H2,1-2H3. The normalized spacial score (nSPS) is 11.3. The fourth-order valence-corrected chi connectivity index (χ4v) is 4.81. The molecule has 0 aliphatic heterocycles. The predicted molar refractivity (Wildman–Crippen MR) is 142 cm³/mol. The Kier molecular flexibility index (Phi) is 8.38. The van der Waals surface area contributed by atoms with Gasteiger partial charge >= 0.3 is 5.97 Å². The number of amides is 1. The van der Waals surface area contributed by atoms with Crippen LogP contribution < -0.4 is 14.9 Å². The van der Waals surface area contributed by atoms with Crippen molar-refractivity contribution in [2.24, 2.45) is 0 Å². The highest BCUT2D eigenvalue weighted by Crippen LogP contribution is 2.39. The van der Waals surface area contributed by atoms with Gasteiger partial charge in [0.25, 0.3) is 5.91 Å². The van der Waals surface area contributed by atoms with E-state index in [1.54, 1.807) is 12.1 Å². The molecule has 5 nitrogen and oxygen atoms in total. The second-order valence-corrected chi connectivity index (χ2v) is 13.3. The molecular formula is C21H20F3NO4P4S. The molecule has 0 spiro atoms. The summed E-state index contributed by atoms with van der Waals surface area (Å²) in [5.74, 6) is -5.36. The van der Waals surface area contributed by atoms with Crippen molar-refractivity contribution in [1.29, 1.82) is 0 Å². The van der Waals surface area contributed by atoms with E-state index in [1.165, 1.54) is 23.6 Å². The highest BCUT2D eigenvalue weighted by Gasteiger charge is 2.31. The highest BCUT2D eigenvalue weighted by atomic mass is 32.1. The van der Waals surface area contributed by atoms with Crippen LogP contribution in [0.4, 0.5) is 18.9 Å². The first kappa shape index (κ1) is 27.0. The summed E-state index contributed by atoms with van der Waals surface area (Å²) >= 11 is 0.939. The monoisotopic (exact) mass is 563 g/mol. The van der Waals surface area contributed by atoms with Gasteiger partial charge in [-0.3, -0.25) is 4.79 Å². The fraction of sp³-hybridized carbons (Fsp3) is 0.143. The van der Waals surface area contributed by atoms with Crippen molar-refractivity contribution < 1.29 is 32.2 Å². The molecule has 1 aromatic heterocycles. The topological polar surface area (TPSA) is 55.8 Å². The van der Waals surface area contributed by atoms with Gasteiger partial charge in [0.15, 0.2) is 17.5 Å². The van der Waals surface area contributed by atoms with Gasteiger partial charge in [0.1, 0.15) is 21.1 Å². The summed E-state index contributed by atoms with van der Waals surface area (Å²) in [5.41, 5.74) is -1.16. The van der Waals surface area contributed by atoms with Crippen LogP contribution in [0.3, 0.4) is 0 Å². The van der Waals surface area contributed by atoms with Crippen LogP contribution in [-0.4, -0.2) is 30.9 Å². The van der Waals surface area contributed by atoms with Gasteiger partial charge in [-0.25, -0.2) is 18.0 Å². The van der Waals surface area contributed by atoms with E-state index >= 15 is 13.2 Å². The maximum Gasteiger partial charge on any atom is 0.348 e. The summed E-state index contributed by atoms with van der Waals surface area (Å²) in [5, 5.41) is 1.19. The van der Waals surface area contributed by atoms with Gasteiger partial charge in [-0.1, -0.05) is 39.9 Å². The number of hydrogen-bond donors (Lipinski definition) is 0. The molecule has 3 aromatic rings. The lowest BCUT2D eigenvalue weighted by Gasteiger charge is -2.23. The summed E-state index contributed by atoms with van der Waals surface area (Å²) in [6.07, 6.45) is 0. The molecule has 0 aliphatic carbocycles. The Balaban J connectivity index is 2.09. The van der Waals surface area contributed by atoms with Gasteiger partial charge in [0.05, 0.1) is 12.7 Å². The number of thiophene rings is 1. The molecule has 13 heteroatoms. The van der Waals surface area contributed by atoms with Gasteiger partial charge in [0.2, 0.25) is 0 Å². The van der Waals surface area contributed by atoms with E-state index in [9.17, 15) is 9.59 Å². The molecule has 3 rings (SSSR count). The lowest BCUT2D eigenvalue weighted by Crippen LogP contribution is -2.31. The maximum atomic E-state index is 15.4. The first-order valence-electron chi connectivity index (χ1n) is 9.43. The number of nitrogens with zero attached hydrogens (tertiary/aromatic N) is 1. The van der Waals surface area contributed by atoms with Crippen LogP contribution in [0.2, 0.25) is 0 Å². The Hall–Kier alpha value is -1.61. The van der Waals surface area contributed by atoms with Crippen molar-refractivity contribution in [2.75, 3.05) is 19.1 Å². The number of esters is 1. The van der Waals surface area contributed by atoms with Crippen molar-refractivity contribution in [3.8, 4) is 16.9 Å². The largest absolute Gasteiger partial charge is 0.476 e. The van der Waals surface area contributed by atoms with Crippen molar-refractivity contribution in [3.05, 3.63) is 63.6 Å². The van der Waals surface area contributed by atoms with Crippen molar-refractivity contribution in [2.45, 2.75) is 4.82 Å². The van der Waals surface area contributed by atoms with Crippen LogP contribution in [0.15, 0.2) is 35.7 Å². The third kappa shape index (κ3) is 5.45. The van der Waals surface area contributed by atoms with Crippen LogP contribution in [-0.2, 0) is 4.74 Å². The third-order valence-electron chi connectivity index (χ3n) is 4.66. The zero-order valence-corrected chi connectivity index (χ0v) is 23.3. The minimum absolute atomic E-state index is 0.0338. The molecule has 1 heterocycles. The molecule has 34 heavy (non-hydrogen) atoms. The number of methoxy groups -OCH3 is 1. The number of carbonyl (C=O) groups excluding carboxylic acids is 2. The maximum absolute atomic E-state index is 15.4. The fourth-order valence-electron chi connectivity index (χ4n) is 3.17.